The van der Waals surface area contributed by atoms with Gasteiger partial charge in [0.15, 0.2) is 11.5 Å². The topological polar surface area (TPSA) is 84.1 Å². The van der Waals surface area contributed by atoms with Crippen LogP contribution in [0.2, 0.25) is 0 Å². The van der Waals surface area contributed by atoms with Crippen LogP contribution in [0.3, 0.4) is 0 Å². The van der Waals surface area contributed by atoms with Gasteiger partial charge in [0.05, 0.1) is 5.69 Å². The first-order valence-corrected chi connectivity index (χ1v) is 8.86. The smallest absolute Gasteiger partial charge is 0.177 e. The van der Waals surface area contributed by atoms with E-state index in [9.17, 15) is 0 Å². The largest absolute Gasteiger partial charge is 0.368 e. The molecule has 1 saturated heterocycles. The predicted octanol–water partition coefficient (Wildman–Crippen LogP) is 1.34. The molecular weight excluding hydrogens is 316 g/mol. The van der Waals surface area contributed by atoms with E-state index in [1.807, 2.05) is 12.1 Å². The molecule has 1 aliphatic carbocycles. The average molecular weight is 336 g/mol. The minimum absolute atomic E-state index is 0.594. The van der Waals surface area contributed by atoms with Crippen LogP contribution in [-0.2, 0) is 12.8 Å². The lowest BCUT2D eigenvalue weighted by Gasteiger charge is -2.40. The van der Waals surface area contributed by atoms with Gasteiger partial charge >= 0.3 is 0 Å². The molecule has 0 aromatic carbocycles. The summed E-state index contributed by atoms with van der Waals surface area (Å²) in [6.07, 6.45) is 6.36. The summed E-state index contributed by atoms with van der Waals surface area (Å²) in [5, 5.41) is 24.5. The fourth-order valence-corrected chi connectivity index (χ4v) is 3.59. The Balaban J connectivity index is 1.18. The molecule has 0 saturated carbocycles. The Morgan fingerprint density at radius 1 is 1.08 bits per heavy atom. The maximum absolute atomic E-state index is 4.44. The molecule has 3 aromatic heterocycles. The number of rotatable bonds is 4. The van der Waals surface area contributed by atoms with Gasteiger partial charge in [-0.25, -0.2) is 0 Å². The molecule has 1 aliphatic heterocycles. The van der Waals surface area contributed by atoms with Gasteiger partial charge in [-0.05, 0) is 49.4 Å². The highest BCUT2D eigenvalue weighted by molar-refractivity contribution is 5.46. The van der Waals surface area contributed by atoms with Crippen molar-refractivity contribution < 1.29 is 0 Å². The molecule has 1 N–H and O–H groups in total. The molecule has 128 valence electrons. The number of aromatic nitrogens is 6. The highest BCUT2D eigenvalue weighted by Crippen LogP contribution is 2.26. The van der Waals surface area contributed by atoms with Crippen LogP contribution in [0.1, 0.15) is 24.1 Å². The van der Waals surface area contributed by atoms with Crippen molar-refractivity contribution in [3.05, 3.63) is 35.8 Å². The van der Waals surface area contributed by atoms with Crippen LogP contribution in [0, 0.1) is 5.92 Å². The number of anilines is 2. The Labute approximate surface area is 145 Å². The maximum atomic E-state index is 4.44. The van der Waals surface area contributed by atoms with Gasteiger partial charge < -0.3 is 10.2 Å². The first kappa shape index (κ1) is 14.6. The van der Waals surface area contributed by atoms with Crippen LogP contribution in [0.4, 0.5) is 11.6 Å². The predicted molar refractivity (Wildman–Crippen MR) is 93.6 cm³/mol. The van der Waals surface area contributed by atoms with Crippen molar-refractivity contribution in [1.82, 2.24) is 30.0 Å². The van der Waals surface area contributed by atoms with Crippen molar-refractivity contribution in [3.63, 3.8) is 0 Å². The van der Waals surface area contributed by atoms with Crippen molar-refractivity contribution in [2.24, 2.45) is 5.92 Å². The zero-order chi connectivity index (χ0) is 16.6. The van der Waals surface area contributed by atoms with E-state index in [0.717, 1.165) is 49.8 Å². The van der Waals surface area contributed by atoms with Gasteiger partial charge in [0.2, 0.25) is 0 Å². The number of fused-ring (bicyclic) bond motifs is 2. The van der Waals surface area contributed by atoms with E-state index in [0.29, 0.717) is 5.92 Å². The van der Waals surface area contributed by atoms with Crippen LogP contribution in [-0.4, -0.2) is 49.6 Å². The van der Waals surface area contributed by atoms with Gasteiger partial charge in [0.25, 0.3) is 0 Å². The van der Waals surface area contributed by atoms with Crippen LogP contribution in [0.5, 0.6) is 0 Å². The van der Waals surface area contributed by atoms with Gasteiger partial charge in [-0.1, -0.05) is 0 Å². The SMILES string of the molecule is c1cc2nncn2nc1NCC1CN(c2cc3c(nn2)CCCC3)C1. The number of hydrogen-bond acceptors (Lipinski definition) is 7. The zero-order valence-corrected chi connectivity index (χ0v) is 14.0. The van der Waals surface area contributed by atoms with Crippen molar-refractivity contribution in [3.8, 4) is 0 Å². The van der Waals surface area contributed by atoms with E-state index in [-0.39, 0.29) is 0 Å². The summed E-state index contributed by atoms with van der Waals surface area (Å²) >= 11 is 0. The molecule has 8 heteroatoms. The maximum Gasteiger partial charge on any atom is 0.177 e. The van der Waals surface area contributed by atoms with Crippen molar-refractivity contribution in [2.45, 2.75) is 25.7 Å². The Hall–Kier alpha value is -2.77. The summed E-state index contributed by atoms with van der Waals surface area (Å²) in [5.41, 5.74) is 3.35. The molecule has 0 radical (unpaired) electrons. The third-order valence-corrected chi connectivity index (χ3v) is 5.07. The van der Waals surface area contributed by atoms with Crippen LogP contribution in [0.15, 0.2) is 24.5 Å². The number of nitrogens with one attached hydrogen (secondary N) is 1. The normalized spacial score (nSPS) is 17.4. The molecule has 25 heavy (non-hydrogen) atoms. The number of hydrogen-bond donors (Lipinski definition) is 1. The fourth-order valence-electron chi connectivity index (χ4n) is 3.59. The Morgan fingerprint density at radius 2 is 2.00 bits per heavy atom. The molecule has 0 spiro atoms. The lowest BCUT2D eigenvalue weighted by molar-refractivity contribution is 0.424. The van der Waals surface area contributed by atoms with Gasteiger partial charge in [-0.15, -0.1) is 20.4 Å². The number of aryl methyl sites for hydroxylation is 2. The lowest BCUT2D eigenvalue weighted by atomic mass is 9.95. The second-order valence-corrected chi connectivity index (χ2v) is 6.89. The summed E-state index contributed by atoms with van der Waals surface area (Å²) in [5.74, 6) is 2.47. The summed E-state index contributed by atoms with van der Waals surface area (Å²) in [4.78, 5) is 2.31. The molecule has 2 aliphatic rings. The molecule has 8 nitrogen and oxygen atoms in total. The quantitative estimate of drug-likeness (QED) is 0.769. The third kappa shape index (κ3) is 2.77. The Kier molecular flexibility index (Phi) is 3.46. The van der Waals surface area contributed by atoms with E-state index < -0.39 is 0 Å². The van der Waals surface area contributed by atoms with E-state index in [2.05, 4.69) is 41.8 Å². The van der Waals surface area contributed by atoms with E-state index >= 15 is 0 Å². The first-order chi connectivity index (χ1) is 12.3. The molecule has 5 rings (SSSR count). The third-order valence-electron chi connectivity index (χ3n) is 5.07. The highest BCUT2D eigenvalue weighted by atomic mass is 15.4. The molecule has 0 atom stereocenters. The van der Waals surface area contributed by atoms with Gasteiger partial charge in [0.1, 0.15) is 12.1 Å². The van der Waals surface area contributed by atoms with Crippen LogP contribution >= 0.6 is 0 Å². The summed E-state index contributed by atoms with van der Waals surface area (Å²) in [6.45, 7) is 2.92. The van der Waals surface area contributed by atoms with E-state index in [1.54, 1.807) is 10.8 Å². The first-order valence-electron chi connectivity index (χ1n) is 8.86. The molecule has 0 amide bonds. The summed E-state index contributed by atoms with van der Waals surface area (Å²) < 4.78 is 1.68. The molecular formula is C17H20N8. The van der Waals surface area contributed by atoms with Crippen molar-refractivity contribution >= 4 is 17.3 Å². The lowest BCUT2D eigenvalue weighted by Crippen LogP contribution is -2.50. The van der Waals surface area contributed by atoms with Crippen LogP contribution in [0.25, 0.3) is 5.65 Å². The molecule has 1 fully saturated rings. The molecule has 4 heterocycles. The molecule has 0 unspecified atom stereocenters. The summed E-state index contributed by atoms with van der Waals surface area (Å²) in [7, 11) is 0. The Bertz CT molecular complexity index is 899. The number of nitrogens with zero attached hydrogens (tertiary/aromatic N) is 7. The molecule has 0 bridgehead atoms. The fraction of sp³-hybridized carbons (Fsp3) is 0.471. The monoisotopic (exact) mass is 336 g/mol. The Morgan fingerprint density at radius 3 is 2.96 bits per heavy atom. The van der Waals surface area contributed by atoms with Crippen molar-refractivity contribution in [2.75, 3.05) is 29.9 Å². The highest BCUT2D eigenvalue weighted by Gasteiger charge is 2.28. The second-order valence-electron chi connectivity index (χ2n) is 6.89. The second kappa shape index (κ2) is 5.94. The minimum Gasteiger partial charge on any atom is -0.368 e. The molecule has 3 aromatic rings. The van der Waals surface area contributed by atoms with Gasteiger partial charge in [-0.2, -0.15) is 9.61 Å². The zero-order valence-electron chi connectivity index (χ0n) is 14.0. The standard InChI is InChI=1S/C17H20N8/c1-2-4-14-13(3-1)7-17(22-20-14)24-9-12(10-24)8-18-15-5-6-16-21-19-11-25(16)23-15/h5-7,11-12H,1-4,8-10H2,(H,18,23). The minimum atomic E-state index is 0.594. The van der Waals surface area contributed by atoms with Crippen molar-refractivity contribution in [1.29, 1.82) is 0 Å². The van der Waals surface area contributed by atoms with Gasteiger partial charge in [-0.3, -0.25) is 0 Å². The van der Waals surface area contributed by atoms with E-state index in [4.69, 9.17) is 0 Å². The van der Waals surface area contributed by atoms with E-state index in [1.165, 1.54) is 24.1 Å². The van der Waals surface area contributed by atoms with Gasteiger partial charge in [0, 0.05) is 25.6 Å². The summed E-state index contributed by atoms with van der Waals surface area (Å²) in [6, 6.07) is 6.10. The van der Waals surface area contributed by atoms with Crippen LogP contribution < -0.4 is 10.2 Å². The average Bonchev–Trinajstić information content (AvgIpc) is 3.08.